The summed E-state index contributed by atoms with van der Waals surface area (Å²) in [4.78, 5) is 59.6. The minimum atomic E-state index is -0.740. The van der Waals surface area contributed by atoms with Crippen LogP contribution < -0.4 is 31.6 Å². The first-order chi connectivity index (χ1) is 33.6. The van der Waals surface area contributed by atoms with Gasteiger partial charge in [-0.3, -0.25) is 14.4 Å². The van der Waals surface area contributed by atoms with Crippen molar-refractivity contribution in [1.29, 1.82) is 0 Å². The fourth-order valence-electron chi connectivity index (χ4n) is 8.01. The third-order valence-electron chi connectivity index (χ3n) is 12.5. The van der Waals surface area contributed by atoms with E-state index in [1.165, 1.54) is 54.0 Å². The molecule has 0 unspecified atom stereocenters. The number of ether oxygens (including phenoxy) is 2. The van der Waals surface area contributed by atoms with E-state index in [0.29, 0.717) is 36.1 Å². The number of halogens is 4. The van der Waals surface area contributed by atoms with Crippen molar-refractivity contribution in [2.75, 3.05) is 69.0 Å². The number of anilines is 4. The second-order valence-corrected chi connectivity index (χ2v) is 17.6. The fraction of sp³-hybridized carbons (Fsp3) is 0.314. The zero-order valence-corrected chi connectivity index (χ0v) is 39.0. The predicted molar refractivity (Wildman–Crippen MR) is 257 cm³/mol. The molecule has 2 aliphatic rings. The van der Waals surface area contributed by atoms with Gasteiger partial charge >= 0.3 is 0 Å². The lowest BCUT2D eigenvalue weighted by molar-refractivity contribution is -0.130. The second kappa shape index (κ2) is 20.9. The Labute approximate surface area is 401 Å². The molecule has 2 saturated carbocycles. The van der Waals surface area contributed by atoms with Crippen LogP contribution in [-0.2, 0) is 4.79 Å². The number of carbonyl (C=O) groups excluding carboxylic acids is 3. The number of nitrogens with one attached hydrogen (secondary N) is 2. The number of likely N-dealkylation sites (N-methyl/N-ethyl adjacent to an activating group) is 2. The van der Waals surface area contributed by atoms with Crippen molar-refractivity contribution < 1.29 is 41.4 Å². The number of nitrogens with zero attached hydrogens (tertiary/aromatic N) is 6. The van der Waals surface area contributed by atoms with E-state index in [1.807, 2.05) is 4.90 Å². The fourth-order valence-corrected chi connectivity index (χ4v) is 8.01. The van der Waals surface area contributed by atoms with Crippen molar-refractivity contribution in [2.45, 2.75) is 57.8 Å². The van der Waals surface area contributed by atoms with E-state index >= 15 is 8.78 Å². The van der Waals surface area contributed by atoms with E-state index in [-0.39, 0.29) is 100 Å². The van der Waals surface area contributed by atoms with Gasteiger partial charge < -0.3 is 41.4 Å². The van der Waals surface area contributed by atoms with Crippen LogP contribution in [0.3, 0.4) is 0 Å². The van der Waals surface area contributed by atoms with Crippen LogP contribution in [0.15, 0.2) is 73.3 Å². The topological polar surface area (TPSA) is 204 Å². The lowest BCUT2D eigenvalue weighted by Gasteiger charge is -2.22. The smallest absolute Gasteiger partial charge is 0.258 e. The Morgan fingerprint density at radius 3 is 1.50 bits per heavy atom. The number of benzene rings is 4. The Kier molecular flexibility index (Phi) is 14.6. The van der Waals surface area contributed by atoms with Gasteiger partial charge in [0.15, 0.2) is 23.1 Å². The SMILES string of the molecule is Cc1c(NC(=O)c2ccc(C3CC3)cc2F)cc(F)cc1-c1ncnc(N)c1OCCN(C)CCC(=O)N(C)CCOc1c(N)ncnc1-c1cc(F)cc(NC(=O)c2ccc(C3CC3)cc2F)c1C. The highest BCUT2D eigenvalue weighted by Crippen LogP contribution is 2.42. The summed E-state index contributed by atoms with van der Waals surface area (Å²) in [7, 11) is 3.42. The van der Waals surface area contributed by atoms with Crippen LogP contribution in [0.2, 0.25) is 0 Å². The molecule has 0 saturated heterocycles. The molecule has 0 atom stereocenters. The maximum absolute atomic E-state index is 15.1. The molecule has 15 nitrogen and oxygen atoms in total. The van der Waals surface area contributed by atoms with Gasteiger partial charge in [0.25, 0.3) is 11.8 Å². The van der Waals surface area contributed by atoms with Gasteiger partial charge in [0.2, 0.25) is 5.91 Å². The largest absolute Gasteiger partial charge is 0.486 e. The first-order valence-corrected chi connectivity index (χ1v) is 22.8. The van der Waals surface area contributed by atoms with Crippen molar-refractivity contribution in [3.05, 3.63) is 130 Å². The van der Waals surface area contributed by atoms with Crippen LogP contribution in [0.5, 0.6) is 11.5 Å². The van der Waals surface area contributed by atoms with Crippen molar-refractivity contribution in [3.8, 4) is 34.0 Å². The highest BCUT2D eigenvalue weighted by atomic mass is 19.1. The van der Waals surface area contributed by atoms with Crippen molar-refractivity contribution in [1.82, 2.24) is 29.7 Å². The van der Waals surface area contributed by atoms with Crippen molar-refractivity contribution in [3.63, 3.8) is 0 Å². The molecule has 0 bridgehead atoms. The van der Waals surface area contributed by atoms with Crippen LogP contribution >= 0.6 is 0 Å². The summed E-state index contributed by atoms with van der Waals surface area (Å²) < 4.78 is 72.2. The number of nitrogens with two attached hydrogens (primary N) is 2. The maximum atomic E-state index is 15.1. The van der Waals surface area contributed by atoms with Gasteiger partial charge in [0, 0.05) is 49.1 Å². The number of nitrogen functional groups attached to an aromatic ring is 2. The molecular weight excluding hydrogens is 909 g/mol. The van der Waals surface area contributed by atoms with Gasteiger partial charge in [-0.1, -0.05) is 12.1 Å². The highest BCUT2D eigenvalue weighted by molar-refractivity contribution is 6.06. The van der Waals surface area contributed by atoms with Crippen molar-refractivity contribution >= 4 is 40.7 Å². The molecule has 19 heteroatoms. The van der Waals surface area contributed by atoms with Gasteiger partial charge in [-0.2, -0.15) is 0 Å². The van der Waals surface area contributed by atoms with Gasteiger partial charge in [-0.05, 0) is 129 Å². The van der Waals surface area contributed by atoms with E-state index in [4.69, 9.17) is 20.9 Å². The minimum Gasteiger partial charge on any atom is -0.486 e. The lowest BCUT2D eigenvalue weighted by atomic mass is 10.0. The number of hydrogen-bond donors (Lipinski definition) is 4. The lowest BCUT2D eigenvalue weighted by Crippen LogP contribution is -2.34. The molecule has 2 heterocycles. The molecule has 2 fully saturated rings. The van der Waals surface area contributed by atoms with Crippen LogP contribution in [0, 0.1) is 37.1 Å². The van der Waals surface area contributed by atoms with Crippen molar-refractivity contribution in [2.24, 2.45) is 0 Å². The zero-order valence-electron chi connectivity index (χ0n) is 39.0. The van der Waals surface area contributed by atoms with Gasteiger partial charge in [-0.15, -0.1) is 0 Å². The highest BCUT2D eigenvalue weighted by Gasteiger charge is 2.28. The van der Waals surface area contributed by atoms with Crippen LogP contribution in [0.4, 0.5) is 40.6 Å². The Bertz CT molecular complexity index is 2990. The molecule has 364 valence electrons. The first kappa shape index (κ1) is 48.8. The molecule has 6 aromatic rings. The quantitative estimate of drug-likeness (QED) is 0.0565. The zero-order chi connectivity index (χ0) is 49.8. The summed E-state index contributed by atoms with van der Waals surface area (Å²) in [6.45, 7) is 4.18. The first-order valence-electron chi connectivity index (χ1n) is 22.8. The number of amides is 3. The monoisotopic (exact) mass is 960 g/mol. The average molecular weight is 961 g/mol. The Morgan fingerprint density at radius 2 is 1.07 bits per heavy atom. The number of aromatic nitrogens is 4. The molecule has 0 radical (unpaired) electrons. The third kappa shape index (κ3) is 11.3. The molecule has 4 aromatic carbocycles. The summed E-state index contributed by atoms with van der Waals surface area (Å²) in [5, 5.41) is 5.26. The van der Waals surface area contributed by atoms with Crippen LogP contribution in [0.1, 0.15) is 86.9 Å². The van der Waals surface area contributed by atoms with E-state index < -0.39 is 35.1 Å². The molecular formula is C51H52F4N10O5. The molecule has 3 amide bonds. The van der Waals surface area contributed by atoms with Crippen LogP contribution in [-0.4, -0.2) is 94.4 Å². The minimum absolute atomic E-state index is 0.00242. The molecule has 0 aliphatic heterocycles. The molecule has 70 heavy (non-hydrogen) atoms. The number of rotatable bonds is 19. The third-order valence-corrected chi connectivity index (χ3v) is 12.5. The molecule has 2 aliphatic carbocycles. The van der Waals surface area contributed by atoms with Crippen LogP contribution in [0.25, 0.3) is 22.5 Å². The normalized spacial score (nSPS) is 13.3. The van der Waals surface area contributed by atoms with Gasteiger partial charge in [0.1, 0.15) is 60.5 Å². The molecule has 8 rings (SSSR count). The summed E-state index contributed by atoms with van der Waals surface area (Å²) in [6.07, 6.45) is 6.46. The van der Waals surface area contributed by atoms with E-state index in [1.54, 1.807) is 40.1 Å². The molecule has 6 N–H and O–H groups in total. The van der Waals surface area contributed by atoms with E-state index in [2.05, 4.69) is 30.6 Å². The summed E-state index contributed by atoms with van der Waals surface area (Å²) in [5.41, 5.74) is 15.7. The molecule has 0 spiro atoms. The summed E-state index contributed by atoms with van der Waals surface area (Å²) in [6, 6.07) is 13.8. The Morgan fingerprint density at radius 1 is 0.629 bits per heavy atom. The predicted octanol–water partition coefficient (Wildman–Crippen LogP) is 8.44. The van der Waals surface area contributed by atoms with Gasteiger partial charge in [0.05, 0.1) is 17.7 Å². The van der Waals surface area contributed by atoms with E-state index in [0.717, 1.165) is 48.9 Å². The summed E-state index contributed by atoms with van der Waals surface area (Å²) >= 11 is 0. The Balaban J connectivity index is 0.838. The summed E-state index contributed by atoms with van der Waals surface area (Å²) in [5.74, 6) is -3.66. The molecule has 2 aromatic heterocycles. The number of hydrogen-bond acceptors (Lipinski definition) is 12. The van der Waals surface area contributed by atoms with Gasteiger partial charge in [-0.25, -0.2) is 37.5 Å². The second-order valence-electron chi connectivity index (χ2n) is 17.6. The maximum Gasteiger partial charge on any atom is 0.258 e. The Hall–Kier alpha value is -7.67. The standard InChI is InChI=1S/C51H52F4N10O5/c1-27-37(21-33(52)23-41(27)62-50(67)35-11-9-31(19-39(35)54)29-5-6-29)44-46(48(56)60-25-58-44)69-17-15-64(3)14-13-43(66)65(4)16-18-70-47-45(59-26-61-49(47)57)38-22-34(53)24-42(28(38)2)63-51(68)36-12-10-32(20-40(36)55)30-7-8-30/h9-12,19-26,29-30H,5-8,13-18H2,1-4H3,(H,62,67)(H,63,68)(H2,56,58,60)(H2,57,59,61). The van der Waals surface area contributed by atoms with E-state index in [9.17, 15) is 23.2 Å². The number of carbonyl (C=O) groups is 3. The average Bonchev–Trinajstić information content (AvgIpc) is 4.26.